The largest absolute Gasteiger partial charge is 0.491 e. The van der Waals surface area contributed by atoms with Crippen LogP contribution < -0.4 is 4.74 Å². The van der Waals surface area contributed by atoms with Gasteiger partial charge in [0.2, 0.25) is 4.77 Å². The van der Waals surface area contributed by atoms with Crippen LogP contribution in [-0.2, 0) is 0 Å². The maximum atomic E-state index is 5.75. The minimum atomic E-state index is 0.0958. The molecule has 2 aromatic heterocycles. The Hall–Kier alpha value is -2.93. The van der Waals surface area contributed by atoms with E-state index in [2.05, 4.69) is 15.3 Å². The number of nitrogens with zero attached hydrogens (tertiary/aromatic N) is 3. The van der Waals surface area contributed by atoms with E-state index < -0.39 is 0 Å². The summed E-state index contributed by atoms with van der Waals surface area (Å²) in [6, 6.07) is 11.4. The third kappa shape index (κ3) is 4.37. The van der Waals surface area contributed by atoms with E-state index in [1.165, 1.54) is 0 Å². The maximum absolute atomic E-state index is 5.75. The zero-order valence-corrected chi connectivity index (χ0v) is 15.7. The Morgan fingerprint density at radius 2 is 2.19 bits per heavy atom. The van der Waals surface area contributed by atoms with Gasteiger partial charge >= 0.3 is 0 Å². The summed E-state index contributed by atoms with van der Waals surface area (Å²) >= 11 is 5.31. The van der Waals surface area contributed by atoms with Crippen LogP contribution >= 0.6 is 12.2 Å². The number of aromatic nitrogens is 3. The van der Waals surface area contributed by atoms with E-state index >= 15 is 0 Å². The second kappa shape index (κ2) is 7.97. The molecule has 0 saturated heterocycles. The Labute approximate surface area is 156 Å². The molecule has 0 amide bonds. The van der Waals surface area contributed by atoms with Crippen LogP contribution in [-0.4, -0.2) is 27.2 Å². The lowest BCUT2D eigenvalue weighted by Crippen LogP contribution is -2.05. The maximum Gasteiger partial charge on any atom is 0.216 e. The predicted octanol–water partition coefficient (Wildman–Crippen LogP) is 4.93. The quantitative estimate of drug-likeness (QED) is 0.495. The van der Waals surface area contributed by atoms with E-state index in [1.807, 2.05) is 63.2 Å². The van der Waals surface area contributed by atoms with Crippen LogP contribution in [0.4, 0.5) is 0 Å². The Balaban J connectivity index is 1.90. The molecule has 1 aromatic carbocycles. The van der Waals surface area contributed by atoms with Gasteiger partial charge in [-0.2, -0.15) is 14.9 Å². The standard InChI is InChI=1S/C19H20N4O2S/c1-13(2)25-17-7-4-6-15(11-17)18-21-22-19(26)23(18)20-12-14(3)10-16-8-5-9-24-16/h4-13H,1-3H3,(H,22,26)/b14-10+,20-12-. The number of hydrogen-bond donors (Lipinski definition) is 1. The molecule has 0 aliphatic rings. The predicted molar refractivity (Wildman–Crippen MR) is 105 cm³/mol. The number of aromatic amines is 1. The number of H-pyrrole nitrogens is 1. The number of ether oxygens (including phenoxy) is 1. The summed E-state index contributed by atoms with van der Waals surface area (Å²) in [6.07, 6.45) is 5.33. The summed E-state index contributed by atoms with van der Waals surface area (Å²) in [5, 5.41) is 11.5. The molecular formula is C19H20N4O2S. The molecule has 2 heterocycles. The molecule has 26 heavy (non-hydrogen) atoms. The van der Waals surface area contributed by atoms with Crippen LogP contribution in [0.15, 0.2) is 57.8 Å². The first-order valence-corrected chi connectivity index (χ1v) is 8.64. The highest BCUT2D eigenvalue weighted by molar-refractivity contribution is 7.71. The van der Waals surface area contributed by atoms with E-state index in [0.717, 1.165) is 22.6 Å². The average Bonchev–Trinajstić information content (AvgIpc) is 3.22. The molecule has 0 saturated carbocycles. The highest BCUT2D eigenvalue weighted by Gasteiger charge is 2.09. The van der Waals surface area contributed by atoms with Gasteiger partial charge in [-0.15, -0.1) is 0 Å². The van der Waals surface area contributed by atoms with Crippen molar-refractivity contribution in [2.24, 2.45) is 5.10 Å². The van der Waals surface area contributed by atoms with Crippen molar-refractivity contribution in [2.75, 3.05) is 0 Å². The number of rotatable bonds is 6. The summed E-state index contributed by atoms with van der Waals surface area (Å²) in [7, 11) is 0. The third-order valence-electron chi connectivity index (χ3n) is 3.40. The number of hydrogen-bond acceptors (Lipinski definition) is 5. The molecule has 7 heteroatoms. The molecule has 0 atom stereocenters. The van der Waals surface area contributed by atoms with E-state index in [4.69, 9.17) is 21.4 Å². The topological polar surface area (TPSA) is 68.3 Å². The first-order chi connectivity index (χ1) is 12.5. The molecule has 0 aliphatic carbocycles. The Kier molecular flexibility index (Phi) is 5.48. The van der Waals surface area contributed by atoms with Crippen LogP contribution in [0.3, 0.4) is 0 Å². The number of allylic oxidation sites excluding steroid dienone is 1. The average molecular weight is 368 g/mol. The van der Waals surface area contributed by atoms with E-state index in [-0.39, 0.29) is 6.10 Å². The summed E-state index contributed by atoms with van der Waals surface area (Å²) < 4.78 is 13.1. The van der Waals surface area contributed by atoms with Gasteiger partial charge in [0.05, 0.1) is 18.6 Å². The SMILES string of the molecule is CC(/C=N\n1c(-c2cccc(OC(C)C)c2)n[nH]c1=S)=C\c1ccco1. The van der Waals surface area contributed by atoms with Crippen molar-refractivity contribution in [3.05, 3.63) is 58.8 Å². The molecular weight excluding hydrogens is 348 g/mol. The van der Waals surface area contributed by atoms with Crippen molar-refractivity contribution in [1.82, 2.24) is 14.9 Å². The minimum absolute atomic E-state index is 0.0958. The molecule has 6 nitrogen and oxygen atoms in total. The smallest absolute Gasteiger partial charge is 0.216 e. The molecule has 3 aromatic rings. The van der Waals surface area contributed by atoms with E-state index in [9.17, 15) is 0 Å². The normalized spacial score (nSPS) is 12.2. The number of nitrogens with one attached hydrogen (secondary N) is 1. The van der Waals surface area contributed by atoms with E-state index in [1.54, 1.807) is 17.2 Å². The Morgan fingerprint density at radius 3 is 2.92 bits per heavy atom. The molecule has 134 valence electrons. The van der Waals surface area contributed by atoms with Gasteiger partial charge in [-0.25, -0.2) is 5.10 Å². The van der Waals surface area contributed by atoms with Gasteiger partial charge in [0.1, 0.15) is 11.5 Å². The zero-order chi connectivity index (χ0) is 18.5. The summed E-state index contributed by atoms with van der Waals surface area (Å²) in [5.41, 5.74) is 1.78. The Bertz CT molecular complexity index is 981. The molecule has 3 rings (SSSR count). The lowest BCUT2D eigenvalue weighted by atomic mass is 10.2. The second-order valence-electron chi connectivity index (χ2n) is 6.01. The fourth-order valence-corrected chi connectivity index (χ4v) is 2.53. The van der Waals surface area contributed by atoms with Crippen LogP contribution in [0.1, 0.15) is 26.5 Å². The van der Waals surface area contributed by atoms with Crippen molar-refractivity contribution >= 4 is 24.5 Å². The molecule has 1 N–H and O–H groups in total. The lowest BCUT2D eigenvalue weighted by molar-refractivity contribution is 0.242. The summed E-state index contributed by atoms with van der Waals surface area (Å²) in [5.74, 6) is 2.16. The van der Waals surface area contributed by atoms with Gasteiger partial charge in [-0.05, 0) is 68.9 Å². The van der Waals surface area contributed by atoms with Gasteiger partial charge in [-0.3, -0.25) is 0 Å². The first-order valence-electron chi connectivity index (χ1n) is 8.23. The van der Waals surface area contributed by atoms with Crippen LogP contribution in [0.5, 0.6) is 5.75 Å². The van der Waals surface area contributed by atoms with Crippen molar-refractivity contribution in [2.45, 2.75) is 26.9 Å². The van der Waals surface area contributed by atoms with Gasteiger partial charge in [0.25, 0.3) is 0 Å². The minimum Gasteiger partial charge on any atom is -0.491 e. The Morgan fingerprint density at radius 1 is 1.35 bits per heavy atom. The van der Waals surface area contributed by atoms with Crippen molar-refractivity contribution < 1.29 is 9.15 Å². The van der Waals surface area contributed by atoms with Crippen LogP contribution in [0, 0.1) is 4.77 Å². The number of furan rings is 1. The molecule has 0 bridgehead atoms. The third-order valence-corrected chi connectivity index (χ3v) is 3.67. The fourth-order valence-electron chi connectivity index (χ4n) is 2.35. The zero-order valence-electron chi connectivity index (χ0n) is 14.8. The summed E-state index contributed by atoms with van der Waals surface area (Å²) in [6.45, 7) is 5.91. The van der Waals surface area contributed by atoms with Gasteiger partial charge < -0.3 is 9.15 Å². The molecule has 0 radical (unpaired) electrons. The second-order valence-corrected chi connectivity index (χ2v) is 6.39. The first kappa shape index (κ1) is 17.9. The van der Waals surface area contributed by atoms with Crippen molar-refractivity contribution in [3.63, 3.8) is 0 Å². The van der Waals surface area contributed by atoms with Crippen LogP contribution in [0.25, 0.3) is 17.5 Å². The fraction of sp³-hybridized carbons (Fsp3) is 0.211. The van der Waals surface area contributed by atoms with Crippen molar-refractivity contribution in [3.8, 4) is 17.1 Å². The number of benzene rings is 1. The molecule has 0 spiro atoms. The van der Waals surface area contributed by atoms with E-state index in [0.29, 0.717) is 10.6 Å². The highest BCUT2D eigenvalue weighted by Crippen LogP contribution is 2.23. The van der Waals surface area contributed by atoms with Crippen LogP contribution in [0.2, 0.25) is 0 Å². The lowest BCUT2D eigenvalue weighted by Gasteiger charge is -2.10. The molecule has 0 aliphatic heterocycles. The highest BCUT2D eigenvalue weighted by atomic mass is 32.1. The van der Waals surface area contributed by atoms with Gasteiger partial charge in [-0.1, -0.05) is 12.1 Å². The van der Waals surface area contributed by atoms with Crippen molar-refractivity contribution in [1.29, 1.82) is 0 Å². The van der Waals surface area contributed by atoms with Gasteiger partial charge in [0.15, 0.2) is 5.82 Å². The molecule has 0 unspecified atom stereocenters. The summed E-state index contributed by atoms with van der Waals surface area (Å²) in [4.78, 5) is 0. The molecule has 0 fully saturated rings. The van der Waals surface area contributed by atoms with Gasteiger partial charge in [0, 0.05) is 5.56 Å². The monoisotopic (exact) mass is 368 g/mol.